The zero-order chi connectivity index (χ0) is 9.97. The van der Waals surface area contributed by atoms with E-state index in [9.17, 15) is 0 Å². The Morgan fingerprint density at radius 3 is 2.57 bits per heavy atom. The van der Waals surface area contributed by atoms with Gasteiger partial charge in [0.25, 0.3) is 0 Å². The Kier molecular flexibility index (Phi) is 2.95. The summed E-state index contributed by atoms with van der Waals surface area (Å²) in [5.74, 6) is 3.09. The highest BCUT2D eigenvalue weighted by Crippen LogP contribution is 2.34. The van der Waals surface area contributed by atoms with Crippen molar-refractivity contribution in [2.75, 3.05) is 0 Å². The molecule has 1 aliphatic rings. The summed E-state index contributed by atoms with van der Waals surface area (Å²) in [5.41, 5.74) is 1.39. The molecule has 0 unspecified atom stereocenters. The summed E-state index contributed by atoms with van der Waals surface area (Å²) in [4.78, 5) is 0. The lowest BCUT2D eigenvalue weighted by Crippen LogP contribution is -2.02. The first-order valence-electron chi connectivity index (χ1n) is 5.90. The van der Waals surface area contributed by atoms with Crippen LogP contribution in [0.25, 0.3) is 0 Å². The van der Waals surface area contributed by atoms with Gasteiger partial charge in [-0.25, -0.2) is 0 Å². The van der Waals surface area contributed by atoms with Gasteiger partial charge in [0, 0.05) is 5.92 Å². The molecule has 1 nitrogen and oxygen atoms in total. The second-order valence-electron chi connectivity index (χ2n) is 4.42. The Morgan fingerprint density at radius 2 is 2.00 bits per heavy atom. The minimum absolute atomic E-state index is 0.711. The van der Waals surface area contributed by atoms with Crippen LogP contribution in [0.2, 0.25) is 0 Å². The van der Waals surface area contributed by atoms with Crippen LogP contribution in [0.1, 0.15) is 62.0 Å². The molecule has 2 rings (SSSR count). The summed E-state index contributed by atoms with van der Waals surface area (Å²) in [7, 11) is 0. The molecule has 0 bridgehead atoms. The van der Waals surface area contributed by atoms with Crippen molar-refractivity contribution in [3.05, 3.63) is 23.2 Å². The second-order valence-corrected chi connectivity index (χ2v) is 4.42. The number of hydrogen-bond acceptors (Lipinski definition) is 1. The van der Waals surface area contributed by atoms with E-state index in [0.29, 0.717) is 5.92 Å². The fourth-order valence-corrected chi connectivity index (χ4v) is 2.48. The quantitative estimate of drug-likeness (QED) is 0.684. The van der Waals surface area contributed by atoms with Crippen molar-refractivity contribution in [3.63, 3.8) is 0 Å². The minimum Gasteiger partial charge on any atom is -0.466 e. The predicted molar refractivity (Wildman–Crippen MR) is 58.6 cm³/mol. The third-order valence-electron chi connectivity index (χ3n) is 3.43. The van der Waals surface area contributed by atoms with Crippen LogP contribution in [0.4, 0.5) is 0 Å². The van der Waals surface area contributed by atoms with Gasteiger partial charge in [0.15, 0.2) is 0 Å². The molecule has 0 aromatic carbocycles. The summed E-state index contributed by atoms with van der Waals surface area (Å²) < 4.78 is 5.84. The number of rotatable bonds is 2. The van der Waals surface area contributed by atoms with E-state index in [2.05, 4.69) is 19.9 Å². The zero-order valence-corrected chi connectivity index (χ0v) is 9.31. The van der Waals surface area contributed by atoms with Gasteiger partial charge in [0.2, 0.25) is 0 Å². The molecule has 0 atom stereocenters. The summed E-state index contributed by atoms with van der Waals surface area (Å²) >= 11 is 0. The van der Waals surface area contributed by atoms with Crippen molar-refractivity contribution in [1.82, 2.24) is 0 Å². The molecule has 1 heterocycles. The van der Waals surface area contributed by atoms with E-state index in [1.54, 1.807) is 0 Å². The Morgan fingerprint density at radius 1 is 1.29 bits per heavy atom. The van der Waals surface area contributed by atoms with Gasteiger partial charge in [-0.1, -0.05) is 26.2 Å². The van der Waals surface area contributed by atoms with Crippen LogP contribution in [-0.2, 0) is 6.42 Å². The van der Waals surface area contributed by atoms with Gasteiger partial charge in [-0.05, 0) is 37.8 Å². The molecular weight excluding hydrogens is 172 g/mol. The van der Waals surface area contributed by atoms with Crippen molar-refractivity contribution < 1.29 is 4.42 Å². The van der Waals surface area contributed by atoms with Crippen molar-refractivity contribution >= 4 is 0 Å². The largest absolute Gasteiger partial charge is 0.466 e. The van der Waals surface area contributed by atoms with E-state index >= 15 is 0 Å². The monoisotopic (exact) mass is 192 g/mol. The molecule has 1 heteroatoms. The van der Waals surface area contributed by atoms with Crippen LogP contribution in [0.5, 0.6) is 0 Å². The lowest BCUT2D eigenvalue weighted by Gasteiger charge is -2.19. The van der Waals surface area contributed by atoms with E-state index in [0.717, 1.165) is 12.2 Å². The summed E-state index contributed by atoms with van der Waals surface area (Å²) in [5, 5.41) is 0. The van der Waals surface area contributed by atoms with Crippen molar-refractivity contribution in [2.45, 2.75) is 58.3 Å². The van der Waals surface area contributed by atoms with Gasteiger partial charge < -0.3 is 4.42 Å². The molecule has 0 N–H and O–H groups in total. The first kappa shape index (κ1) is 9.82. The normalized spacial score (nSPS) is 18.7. The van der Waals surface area contributed by atoms with E-state index in [4.69, 9.17) is 4.42 Å². The van der Waals surface area contributed by atoms with Crippen LogP contribution >= 0.6 is 0 Å². The molecule has 0 amide bonds. The summed E-state index contributed by atoms with van der Waals surface area (Å²) in [6.45, 7) is 4.29. The molecule has 1 fully saturated rings. The average Bonchev–Trinajstić information content (AvgIpc) is 2.61. The Bertz CT molecular complexity index is 292. The number of hydrogen-bond donors (Lipinski definition) is 0. The molecule has 14 heavy (non-hydrogen) atoms. The molecule has 0 saturated heterocycles. The van der Waals surface area contributed by atoms with Gasteiger partial charge >= 0.3 is 0 Å². The molecule has 78 valence electrons. The third-order valence-corrected chi connectivity index (χ3v) is 3.43. The lowest BCUT2D eigenvalue weighted by molar-refractivity contribution is 0.367. The van der Waals surface area contributed by atoms with Gasteiger partial charge in [0.1, 0.15) is 11.5 Å². The summed E-state index contributed by atoms with van der Waals surface area (Å²) in [6.07, 6.45) is 7.93. The van der Waals surface area contributed by atoms with Gasteiger partial charge in [-0.3, -0.25) is 0 Å². The van der Waals surface area contributed by atoms with Crippen LogP contribution in [0.3, 0.4) is 0 Å². The van der Waals surface area contributed by atoms with Crippen molar-refractivity contribution in [1.29, 1.82) is 0 Å². The summed E-state index contributed by atoms with van der Waals surface area (Å²) in [6, 6.07) is 2.28. The van der Waals surface area contributed by atoms with E-state index in [1.165, 1.54) is 43.4 Å². The molecule has 0 spiro atoms. The molecule has 0 aliphatic heterocycles. The standard InChI is InChI=1S/C13H20O/c1-3-11-9-13(14-10(11)2)12-7-5-4-6-8-12/h9,12H,3-8H2,1-2H3. The maximum absolute atomic E-state index is 5.84. The molecule has 1 saturated carbocycles. The van der Waals surface area contributed by atoms with Gasteiger partial charge in [0.05, 0.1) is 0 Å². The van der Waals surface area contributed by atoms with Gasteiger partial charge in [-0.2, -0.15) is 0 Å². The molecule has 0 radical (unpaired) electrons. The third kappa shape index (κ3) is 1.87. The SMILES string of the molecule is CCc1cc(C2CCCCC2)oc1C. The smallest absolute Gasteiger partial charge is 0.107 e. The maximum atomic E-state index is 5.84. The maximum Gasteiger partial charge on any atom is 0.107 e. The Labute approximate surface area is 86.5 Å². The molecule has 1 aromatic heterocycles. The van der Waals surface area contributed by atoms with E-state index < -0.39 is 0 Å². The topological polar surface area (TPSA) is 13.1 Å². The predicted octanol–water partition coefficient (Wildman–Crippen LogP) is 4.20. The number of aryl methyl sites for hydroxylation is 2. The van der Waals surface area contributed by atoms with Crippen molar-refractivity contribution in [2.24, 2.45) is 0 Å². The highest BCUT2D eigenvalue weighted by atomic mass is 16.3. The molecule has 1 aliphatic carbocycles. The number of furan rings is 1. The van der Waals surface area contributed by atoms with E-state index in [1.807, 2.05) is 0 Å². The first-order valence-corrected chi connectivity index (χ1v) is 5.90. The lowest BCUT2D eigenvalue weighted by atomic mass is 9.87. The Balaban J connectivity index is 2.14. The highest BCUT2D eigenvalue weighted by Gasteiger charge is 2.19. The second kappa shape index (κ2) is 4.20. The van der Waals surface area contributed by atoms with E-state index in [-0.39, 0.29) is 0 Å². The van der Waals surface area contributed by atoms with Crippen molar-refractivity contribution in [3.8, 4) is 0 Å². The van der Waals surface area contributed by atoms with Gasteiger partial charge in [-0.15, -0.1) is 0 Å². The average molecular weight is 192 g/mol. The fraction of sp³-hybridized carbons (Fsp3) is 0.692. The van der Waals surface area contributed by atoms with Crippen LogP contribution < -0.4 is 0 Å². The van der Waals surface area contributed by atoms with Crippen LogP contribution in [0, 0.1) is 6.92 Å². The first-order chi connectivity index (χ1) is 6.81. The van der Waals surface area contributed by atoms with Crippen LogP contribution in [0.15, 0.2) is 10.5 Å². The minimum atomic E-state index is 0.711. The Hall–Kier alpha value is -0.720. The fourth-order valence-electron chi connectivity index (χ4n) is 2.48. The zero-order valence-electron chi connectivity index (χ0n) is 9.31. The highest BCUT2D eigenvalue weighted by molar-refractivity contribution is 5.23. The van der Waals surface area contributed by atoms with Crippen LogP contribution in [-0.4, -0.2) is 0 Å². The molecular formula is C13H20O. The molecule has 1 aromatic rings.